The van der Waals surface area contributed by atoms with Crippen LogP contribution in [0.15, 0.2) is 35.1 Å². The number of nitrogens with zero attached hydrogens (tertiary/aromatic N) is 1. The van der Waals surface area contributed by atoms with Gasteiger partial charge in [-0.3, -0.25) is 9.69 Å². The number of rotatable bonds is 6. The number of aryl methyl sites for hydroxylation is 1. The molecule has 5 nitrogen and oxygen atoms in total. The Bertz CT molecular complexity index is 817. The fourth-order valence-electron chi connectivity index (χ4n) is 5.30. The van der Waals surface area contributed by atoms with Gasteiger partial charge in [0.15, 0.2) is 0 Å². The molecule has 5 rings (SSSR count). The Morgan fingerprint density at radius 3 is 3.04 bits per heavy atom. The van der Waals surface area contributed by atoms with Crippen LogP contribution in [0.4, 0.5) is 0 Å². The van der Waals surface area contributed by atoms with Crippen molar-refractivity contribution >= 4 is 17.2 Å². The normalized spacial score (nSPS) is 32.1. The Balaban J connectivity index is 1.24. The molecule has 0 radical (unpaired) electrons. The molecule has 6 heteroatoms. The molecule has 144 valence electrons. The summed E-state index contributed by atoms with van der Waals surface area (Å²) in [6.45, 7) is 6.02. The van der Waals surface area contributed by atoms with Crippen LogP contribution in [-0.4, -0.2) is 42.1 Å². The Morgan fingerprint density at radius 1 is 1.37 bits per heavy atom. The molecule has 27 heavy (non-hydrogen) atoms. The summed E-state index contributed by atoms with van der Waals surface area (Å²) in [6, 6.07) is 6.23. The highest BCUT2D eigenvalue weighted by Gasteiger charge is 2.62. The van der Waals surface area contributed by atoms with Crippen LogP contribution < -0.4 is 5.32 Å². The second-order valence-electron chi connectivity index (χ2n) is 8.14. The van der Waals surface area contributed by atoms with Gasteiger partial charge >= 0.3 is 0 Å². The zero-order chi connectivity index (χ0) is 18.4. The minimum Gasteiger partial charge on any atom is -0.472 e. The maximum absolute atomic E-state index is 12.3. The SMILES string of the molecule is CCc1ccc(CN2C[C@@H]3[C@H](CNC(=O)c4ccoc4)[C@H]4CC[C@]3(C2)O4)s1. The van der Waals surface area contributed by atoms with Gasteiger partial charge < -0.3 is 14.5 Å². The summed E-state index contributed by atoms with van der Waals surface area (Å²) < 4.78 is 11.5. The first-order valence-electron chi connectivity index (χ1n) is 9.95. The van der Waals surface area contributed by atoms with Crippen molar-refractivity contribution in [1.82, 2.24) is 10.2 Å². The largest absolute Gasteiger partial charge is 0.472 e. The average Bonchev–Trinajstić information content (AvgIpc) is 3.45. The van der Waals surface area contributed by atoms with Crippen LogP contribution in [0.2, 0.25) is 0 Å². The lowest BCUT2D eigenvalue weighted by Gasteiger charge is -2.29. The van der Waals surface area contributed by atoms with E-state index in [0.717, 1.165) is 38.9 Å². The van der Waals surface area contributed by atoms with Crippen molar-refractivity contribution in [3.05, 3.63) is 46.0 Å². The van der Waals surface area contributed by atoms with Crippen molar-refractivity contribution in [2.24, 2.45) is 11.8 Å². The van der Waals surface area contributed by atoms with E-state index in [-0.39, 0.29) is 11.5 Å². The lowest BCUT2D eigenvalue weighted by Crippen LogP contribution is -2.41. The summed E-state index contributed by atoms with van der Waals surface area (Å²) in [5.41, 5.74) is 0.604. The number of hydrogen-bond acceptors (Lipinski definition) is 5. The topological polar surface area (TPSA) is 54.7 Å². The molecule has 3 aliphatic rings. The van der Waals surface area contributed by atoms with Crippen molar-refractivity contribution in [1.29, 1.82) is 0 Å². The Labute approximate surface area is 163 Å². The Hall–Kier alpha value is -1.63. The highest BCUT2D eigenvalue weighted by Crippen LogP contribution is 2.54. The Morgan fingerprint density at radius 2 is 2.26 bits per heavy atom. The molecule has 3 aliphatic heterocycles. The zero-order valence-electron chi connectivity index (χ0n) is 15.6. The summed E-state index contributed by atoms with van der Waals surface area (Å²) in [4.78, 5) is 17.7. The van der Waals surface area contributed by atoms with E-state index < -0.39 is 0 Å². The number of hydrogen-bond donors (Lipinski definition) is 1. The van der Waals surface area contributed by atoms with Crippen LogP contribution in [0.25, 0.3) is 0 Å². The first kappa shape index (κ1) is 17.5. The molecule has 2 aromatic rings. The smallest absolute Gasteiger partial charge is 0.254 e. The van der Waals surface area contributed by atoms with E-state index in [0.29, 0.717) is 30.0 Å². The molecule has 1 N–H and O–H groups in total. The van der Waals surface area contributed by atoms with Gasteiger partial charge in [-0.15, -0.1) is 11.3 Å². The number of likely N-dealkylation sites (tertiary alicyclic amines) is 1. The zero-order valence-corrected chi connectivity index (χ0v) is 16.5. The molecule has 0 aromatic carbocycles. The molecule has 3 fully saturated rings. The fraction of sp³-hybridized carbons (Fsp3) is 0.571. The van der Waals surface area contributed by atoms with Gasteiger partial charge in [-0.05, 0) is 37.5 Å². The highest BCUT2D eigenvalue weighted by atomic mass is 32.1. The molecule has 2 bridgehead atoms. The van der Waals surface area contributed by atoms with E-state index in [4.69, 9.17) is 9.15 Å². The van der Waals surface area contributed by atoms with Crippen LogP contribution in [0.1, 0.15) is 39.9 Å². The number of carbonyl (C=O) groups excluding carboxylic acids is 1. The van der Waals surface area contributed by atoms with Crippen molar-refractivity contribution < 1.29 is 13.9 Å². The van der Waals surface area contributed by atoms with Crippen molar-refractivity contribution in [3.8, 4) is 0 Å². The van der Waals surface area contributed by atoms with E-state index in [1.807, 2.05) is 11.3 Å². The summed E-state index contributed by atoms with van der Waals surface area (Å²) >= 11 is 1.93. The second-order valence-corrected chi connectivity index (χ2v) is 9.40. The number of ether oxygens (including phenoxy) is 1. The van der Waals surface area contributed by atoms with Gasteiger partial charge in [0.05, 0.1) is 23.5 Å². The van der Waals surface area contributed by atoms with E-state index in [2.05, 4.69) is 29.3 Å². The van der Waals surface area contributed by atoms with Gasteiger partial charge in [0.25, 0.3) is 5.91 Å². The van der Waals surface area contributed by atoms with Gasteiger partial charge in [0, 0.05) is 47.8 Å². The van der Waals surface area contributed by atoms with Crippen LogP contribution in [0.3, 0.4) is 0 Å². The fourth-order valence-corrected chi connectivity index (χ4v) is 6.30. The minimum atomic E-state index is -0.0545. The molecular weight excluding hydrogens is 360 g/mol. The molecule has 4 atom stereocenters. The number of furan rings is 1. The van der Waals surface area contributed by atoms with E-state index >= 15 is 0 Å². The van der Waals surface area contributed by atoms with E-state index in [1.54, 1.807) is 6.07 Å². The van der Waals surface area contributed by atoms with Crippen molar-refractivity contribution in [2.75, 3.05) is 19.6 Å². The van der Waals surface area contributed by atoms with Gasteiger partial charge in [-0.25, -0.2) is 0 Å². The van der Waals surface area contributed by atoms with Crippen LogP contribution in [0, 0.1) is 11.8 Å². The highest BCUT2D eigenvalue weighted by molar-refractivity contribution is 7.11. The van der Waals surface area contributed by atoms with E-state index in [1.165, 1.54) is 22.3 Å². The second kappa shape index (κ2) is 6.76. The third kappa shape index (κ3) is 3.04. The molecule has 1 amide bonds. The predicted molar refractivity (Wildman–Crippen MR) is 104 cm³/mol. The van der Waals surface area contributed by atoms with Crippen LogP contribution in [-0.2, 0) is 17.7 Å². The number of thiophene rings is 1. The molecule has 2 aromatic heterocycles. The van der Waals surface area contributed by atoms with Crippen LogP contribution >= 0.6 is 11.3 Å². The summed E-state index contributed by atoms with van der Waals surface area (Å²) in [5.74, 6) is 0.877. The molecule has 0 aliphatic carbocycles. The number of carbonyl (C=O) groups is 1. The number of amides is 1. The first-order chi connectivity index (χ1) is 13.2. The van der Waals surface area contributed by atoms with Gasteiger partial charge in [-0.1, -0.05) is 6.92 Å². The maximum Gasteiger partial charge on any atom is 0.254 e. The number of nitrogens with one attached hydrogen (secondary N) is 1. The predicted octanol–water partition coefficient (Wildman–Crippen LogP) is 3.31. The summed E-state index contributed by atoms with van der Waals surface area (Å²) in [5, 5.41) is 3.10. The lowest BCUT2D eigenvalue weighted by molar-refractivity contribution is 0.00219. The number of fused-ring (bicyclic) bond motifs is 1. The molecular formula is C21H26N2O3S. The standard InChI is InChI=1S/C21H26N2O3S/c1-2-15-3-4-16(27-15)10-23-11-18-17(19-5-7-21(18,13-23)26-19)9-22-20(24)14-6-8-25-12-14/h3-4,6,8,12,17-19H,2,5,7,9-11,13H2,1H3,(H,22,24)/t17-,18+,19+,21+/m0/s1. The van der Waals surface area contributed by atoms with E-state index in [9.17, 15) is 4.79 Å². The molecule has 3 saturated heterocycles. The van der Waals surface area contributed by atoms with Gasteiger partial charge in [-0.2, -0.15) is 0 Å². The monoisotopic (exact) mass is 386 g/mol. The average molecular weight is 387 g/mol. The van der Waals surface area contributed by atoms with Crippen LogP contribution in [0.5, 0.6) is 0 Å². The third-order valence-corrected chi connectivity index (χ3v) is 7.80. The van der Waals surface area contributed by atoms with Gasteiger partial charge in [0.2, 0.25) is 0 Å². The minimum absolute atomic E-state index is 0.0144. The molecule has 0 unspecified atom stereocenters. The molecule has 0 saturated carbocycles. The van der Waals surface area contributed by atoms with Crippen molar-refractivity contribution in [3.63, 3.8) is 0 Å². The maximum atomic E-state index is 12.3. The summed E-state index contributed by atoms with van der Waals surface area (Å²) in [6.07, 6.45) is 6.73. The Kier molecular flexibility index (Phi) is 4.37. The summed E-state index contributed by atoms with van der Waals surface area (Å²) in [7, 11) is 0. The van der Waals surface area contributed by atoms with Crippen molar-refractivity contribution in [2.45, 2.75) is 44.4 Å². The van der Waals surface area contributed by atoms with Gasteiger partial charge in [0.1, 0.15) is 6.26 Å². The lowest BCUT2D eigenvalue weighted by atomic mass is 9.73. The first-order valence-corrected chi connectivity index (χ1v) is 10.8. The quantitative estimate of drug-likeness (QED) is 0.828. The molecule has 1 spiro atoms. The third-order valence-electron chi connectivity index (χ3n) is 6.58. The molecule has 5 heterocycles.